The summed E-state index contributed by atoms with van der Waals surface area (Å²) in [7, 11) is 0. The fourth-order valence-corrected chi connectivity index (χ4v) is 2.65. The minimum atomic E-state index is -0.958. The van der Waals surface area contributed by atoms with E-state index in [-0.39, 0.29) is 42.3 Å². The Morgan fingerprint density at radius 2 is 2.00 bits per heavy atom. The first kappa shape index (κ1) is 20.6. The molecule has 3 N–H and O–H groups in total. The zero-order valence-corrected chi connectivity index (χ0v) is 15.8. The lowest BCUT2D eigenvalue weighted by Crippen LogP contribution is -2.27. The number of rotatable bonds is 7. The van der Waals surface area contributed by atoms with Gasteiger partial charge in [0, 0.05) is 23.7 Å². The van der Waals surface area contributed by atoms with Gasteiger partial charge in [-0.2, -0.15) is 4.98 Å². The van der Waals surface area contributed by atoms with Gasteiger partial charge in [0.15, 0.2) is 17.3 Å². The Bertz CT molecular complexity index is 1090. The molecule has 0 spiro atoms. The molecule has 154 valence electrons. The number of nitrogens with zero attached hydrogens (tertiary/aromatic N) is 3. The second-order valence-corrected chi connectivity index (χ2v) is 6.65. The molecule has 0 saturated carbocycles. The number of anilines is 1. The third kappa shape index (κ3) is 4.66. The molecule has 2 atom stereocenters. The van der Waals surface area contributed by atoms with Crippen molar-refractivity contribution < 1.29 is 23.7 Å². The van der Waals surface area contributed by atoms with Gasteiger partial charge in [0.25, 0.3) is 5.56 Å². The van der Waals surface area contributed by atoms with Crippen molar-refractivity contribution in [2.24, 2.45) is 0 Å². The van der Waals surface area contributed by atoms with Crippen LogP contribution in [0.1, 0.15) is 13.8 Å². The number of aromatic nitrogens is 3. The molecule has 8 nitrogen and oxygen atoms in total. The molecular weight excluding hydrogens is 386 g/mol. The second-order valence-electron chi connectivity index (χ2n) is 6.65. The van der Waals surface area contributed by atoms with Crippen molar-refractivity contribution in [3.05, 3.63) is 52.5 Å². The Kier molecular flexibility index (Phi) is 6.04. The lowest BCUT2D eigenvalue weighted by molar-refractivity contribution is 0.173. The van der Waals surface area contributed by atoms with Gasteiger partial charge in [-0.1, -0.05) is 0 Å². The number of aliphatic hydroxyl groups is 2. The number of pyridine rings is 1. The SMILES string of the molecule is CC(O)Cn1c(=O)c(Oc2ccc(F)cc2F)cc2cnc(NC(C)CO)nc21. The number of hydrogen-bond donors (Lipinski definition) is 3. The molecule has 2 aromatic heterocycles. The highest BCUT2D eigenvalue weighted by molar-refractivity contribution is 5.77. The van der Waals surface area contributed by atoms with Crippen LogP contribution in [0.15, 0.2) is 35.3 Å². The summed E-state index contributed by atoms with van der Waals surface area (Å²) in [5, 5.41) is 22.3. The van der Waals surface area contributed by atoms with E-state index in [0.29, 0.717) is 11.5 Å². The largest absolute Gasteiger partial charge is 0.448 e. The summed E-state index contributed by atoms with van der Waals surface area (Å²) >= 11 is 0. The highest BCUT2D eigenvalue weighted by Gasteiger charge is 2.17. The Labute approximate surface area is 164 Å². The van der Waals surface area contributed by atoms with E-state index in [2.05, 4.69) is 15.3 Å². The number of hydrogen-bond acceptors (Lipinski definition) is 7. The van der Waals surface area contributed by atoms with Crippen molar-refractivity contribution in [1.82, 2.24) is 14.5 Å². The maximum atomic E-state index is 13.9. The van der Waals surface area contributed by atoms with Crippen LogP contribution < -0.4 is 15.6 Å². The molecule has 29 heavy (non-hydrogen) atoms. The van der Waals surface area contributed by atoms with E-state index in [1.165, 1.54) is 23.8 Å². The van der Waals surface area contributed by atoms with Gasteiger partial charge in [0.1, 0.15) is 11.5 Å². The maximum absolute atomic E-state index is 13.9. The highest BCUT2D eigenvalue weighted by atomic mass is 19.1. The average Bonchev–Trinajstić information content (AvgIpc) is 2.67. The fourth-order valence-electron chi connectivity index (χ4n) is 2.65. The molecular formula is C19H20F2N4O4. The first-order chi connectivity index (χ1) is 13.8. The number of fused-ring (bicyclic) bond motifs is 1. The van der Waals surface area contributed by atoms with Crippen molar-refractivity contribution >= 4 is 17.0 Å². The Balaban J connectivity index is 2.11. The number of nitrogens with one attached hydrogen (secondary N) is 1. The molecule has 0 radical (unpaired) electrons. The monoisotopic (exact) mass is 406 g/mol. The van der Waals surface area contributed by atoms with Crippen LogP contribution in [0.25, 0.3) is 11.0 Å². The van der Waals surface area contributed by atoms with Crippen molar-refractivity contribution in [3.63, 3.8) is 0 Å². The summed E-state index contributed by atoms with van der Waals surface area (Å²) in [6.07, 6.45) is 0.553. The minimum Gasteiger partial charge on any atom is -0.448 e. The molecule has 3 aromatic rings. The third-order valence-electron chi connectivity index (χ3n) is 4.00. The summed E-state index contributed by atoms with van der Waals surface area (Å²) in [5.74, 6) is -2.08. The maximum Gasteiger partial charge on any atom is 0.295 e. The normalized spacial score (nSPS) is 13.3. The van der Waals surface area contributed by atoms with Gasteiger partial charge in [-0.3, -0.25) is 9.36 Å². The van der Waals surface area contributed by atoms with Crippen LogP contribution in [0.2, 0.25) is 0 Å². The van der Waals surface area contributed by atoms with Crippen LogP contribution in [0, 0.1) is 11.6 Å². The van der Waals surface area contributed by atoms with Crippen molar-refractivity contribution in [2.45, 2.75) is 32.5 Å². The molecule has 10 heteroatoms. The average molecular weight is 406 g/mol. The van der Waals surface area contributed by atoms with E-state index >= 15 is 0 Å². The van der Waals surface area contributed by atoms with Gasteiger partial charge in [-0.15, -0.1) is 0 Å². The van der Waals surface area contributed by atoms with Gasteiger partial charge >= 0.3 is 0 Å². The van der Waals surface area contributed by atoms with Gasteiger partial charge in [-0.05, 0) is 32.0 Å². The van der Waals surface area contributed by atoms with Crippen molar-refractivity contribution in [2.75, 3.05) is 11.9 Å². The first-order valence-corrected chi connectivity index (χ1v) is 8.87. The van der Waals surface area contributed by atoms with Crippen LogP contribution in [0.4, 0.5) is 14.7 Å². The van der Waals surface area contributed by atoms with Crippen LogP contribution in [-0.4, -0.2) is 43.5 Å². The Morgan fingerprint density at radius 3 is 2.66 bits per heavy atom. The molecule has 1 aromatic carbocycles. The van der Waals surface area contributed by atoms with E-state index < -0.39 is 23.3 Å². The standard InChI is InChI=1S/C19H20F2N4O4/c1-10(9-26)23-19-22-7-12-5-16(29-15-4-3-13(20)6-14(15)21)18(28)25(8-11(2)27)17(12)24-19/h3-7,10-11,26-27H,8-9H2,1-2H3,(H,22,23,24). The number of benzene rings is 1. The van der Waals surface area contributed by atoms with Gasteiger partial charge in [0.05, 0.1) is 19.3 Å². The smallest absolute Gasteiger partial charge is 0.295 e. The summed E-state index contributed by atoms with van der Waals surface area (Å²) < 4.78 is 33.6. The van der Waals surface area contributed by atoms with Gasteiger partial charge < -0.3 is 20.3 Å². The highest BCUT2D eigenvalue weighted by Crippen LogP contribution is 2.25. The molecule has 0 aliphatic rings. The molecule has 2 unspecified atom stereocenters. The Hall–Kier alpha value is -3.11. The predicted molar refractivity (Wildman–Crippen MR) is 102 cm³/mol. The molecule has 0 amide bonds. The van der Waals surface area contributed by atoms with Crippen LogP contribution in [0.3, 0.4) is 0 Å². The van der Waals surface area contributed by atoms with Crippen molar-refractivity contribution in [1.29, 1.82) is 0 Å². The summed E-state index contributed by atoms with van der Waals surface area (Å²) in [5.41, 5.74) is -0.424. The summed E-state index contributed by atoms with van der Waals surface area (Å²) in [6.45, 7) is 2.99. The lowest BCUT2D eigenvalue weighted by atomic mass is 10.2. The van der Waals surface area contributed by atoms with Gasteiger partial charge in [0.2, 0.25) is 5.95 Å². The molecule has 3 rings (SSSR count). The zero-order chi connectivity index (χ0) is 21.1. The molecule has 0 aliphatic heterocycles. The third-order valence-corrected chi connectivity index (χ3v) is 4.00. The second kappa shape index (κ2) is 8.50. The number of halogens is 2. The fraction of sp³-hybridized carbons (Fsp3) is 0.316. The quantitative estimate of drug-likeness (QED) is 0.551. The molecule has 0 bridgehead atoms. The molecule has 0 fully saturated rings. The Morgan fingerprint density at radius 1 is 1.24 bits per heavy atom. The zero-order valence-electron chi connectivity index (χ0n) is 15.8. The number of ether oxygens (including phenoxy) is 1. The molecule has 0 saturated heterocycles. The van der Waals surface area contributed by atoms with Crippen molar-refractivity contribution in [3.8, 4) is 11.5 Å². The lowest BCUT2D eigenvalue weighted by Gasteiger charge is -2.16. The van der Waals surface area contributed by atoms with Crippen LogP contribution in [-0.2, 0) is 6.54 Å². The summed E-state index contributed by atoms with van der Waals surface area (Å²) in [6, 6.07) is 3.77. The van der Waals surface area contributed by atoms with Gasteiger partial charge in [-0.25, -0.2) is 13.8 Å². The van der Waals surface area contributed by atoms with E-state index in [9.17, 15) is 18.7 Å². The van der Waals surface area contributed by atoms with E-state index in [0.717, 1.165) is 12.1 Å². The summed E-state index contributed by atoms with van der Waals surface area (Å²) in [4.78, 5) is 21.3. The van der Waals surface area contributed by atoms with Crippen LogP contribution in [0.5, 0.6) is 11.5 Å². The first-order valence-electron chi connectivity index (χ1n) is 8.87. The minimum absolute atomic E-state index is 0.0928. The number of aliphatic hydroxyl groups excluding tert-OH is 2. The van der Waals surface area contributed by atoms with Crippen LogP contribution >= 0.6 is 0 Å². The predicted octanol–water partition coefficient (Wildman–Crippen LogP) is 2.04. The van der Waals surface area contributed by atoms with E-state index in [1.807, 2.05) is 0 Å². The topological polar surface area (TPSA) is 110 Å². The molecule has 2 heterocycles. The molecule has 0 aliphatic carbocycles. The van der Waals surface area contributed by atoms with E-state index in [1.54, 1.807) is 6.92 Å². The van der Waals surface area contributed by atoms with E-state index in [4.69, 9.17) is 9.84 Å².